The van der Waals surface area contributed by atoms with Gasteiger partial charge in [-0.3, -0.25) is 14.4 Å². The Morgan fingerprint density at radius 2 is 1.95 bits per heavy atom. The third kappa shape index (κ3) is 4.78. The Labute approximate surface area is 242 Å². The second kappa shape index (κ2) is 12.0. The van der Waals surface area contributed by atoms with Gasteiger partial charge in [0.25, 0.3) is 5.91 Å². The highest BCUT2D eigenvalue weighted by molar-refractivity contribution is 6.34. The number of aliphatic hydroxyl groups is 1. The molecule has 2 unspecified atom stereocenters. The second-order valence-corrected chi connectivity index (χ2v) is 11.9. The number of carbonyl (C=O) groups excluding carboxylic acids is 3. The fourth-order valence-electron chi connectivity index (χ4n) is 7.09. The molecule has 0 aliphatic carbocycles. The van der Waals surface area contributed by atoms with E-state index in [0.29, 0.717) is 36.6 Å². The summed E-state index contributed by atoms with van der Waals surface area (Å²) in [4.78, 5) is 47.9. The summed E-state index contributed by atoms with van der Waals surface area (Å²) in [6.07, 6.45) is 4.67. The number of anilines is 1. The van der Waals surface area contributed by atoms with Gasteiger partial charge in [0.2, 0.25) is 11.8 Å². The molecule has 3 heterocycles. The van der Waals surface area contributed by atoms with E-state index < -0.39 is 35.6 Å². The van der Waals surface area contributed by atoms with Crippen LogP contribution in [0.2, 0.25) is 5.02 Å². The third-order valence-electron chi connectivity index (χ3n) is 8.76. The predicted molar refractivity (Wildman–Crippen MR) is 156 cm³/mol. The molecule has 0 saturated carbocycles. The lowest BCUT2D eigenvalue weighted by atomic mass is 9.70. The number of hydrogen-bond donors (Lipinski definition) is 1. The maximum Gasteiger partial charge on any atom is 0.253 e. The van der Waals surface area contributed by atoms with Gasteiger partial charge in [-0.15, -0.1) is 13.2 Å². The summed E-state index contributed by atoms with van der Waals surface area (Å²) in [5.74, 6) is -2.46. The minimum Gasteiger partial charge on any atom is -0.394 e. The normalized spacial score (nSPS) is 27.6. The molecule has 40 heavy (non-hydrogen) atoms. The van der Waals surface area contributed by atoms with Crippen molar-refractivity contribution >= 4 is 35.0 Å². The molecule has 6 atom stereocenters. The molecule has 1 spiro atoms. The van der Waals surface area contributed by atoms with Crippen molar-refractivity contribution < 1.29 is 24.2 Å². The maximum absolute atomic E-state index is 14.7. The van der Waals surface area contributed by atoms with Gasteiger partial charge < -0.3 is 24.5 Å². The van der Waals surface area contributed by atoms with E-state index in [1.54, 1.807) is 28.0 Å². The number of fused-ring (bicyclic) bond motifs is 1. The molecule has 3 aliphatic rings. The first-order valence-corrected chi connectivity index (χ1v) is 14.6. The molecule has 4 rings (SSSR count). The van der Waals surface area contributed by atoms with Crippen LogP contribution in [0.1, 0.15) is 45.6 Å². The minimum absolute atomic E-state index is 0.141. The van der Waals surface area contributed by atoms with Crippen molar-refractivity contribution in [1.29, 1.82) is 0 Å². The summed E-state index contributed by atoms with van der Waals surface area (Å²) in [5.41, 5.74) is 0.175. The Kier molecular flexibility index (Phi) is 9.12. The summed E-state index contributed by atoms with van der Waals surface area (Å²) >= 11 is 6.62. The van der Waals surface area contributed by atoms with Crippen LogP contribution in [0.15, 0.2) is 43.5 Å². The molecule has 1 aromatic rings. The quantitative estimate of drug-likeness (QED) is 0.383. The van der Waals surface area contributed by atoms with E-state index in [0.717, 1.165) is 12.0 Å². The van der Waals surface area contributed by atoms with Gasteiger partial charge in [0, 0.05) is 19.6 Å². The molecule has 0 aromatic heterocycles. The number of amides is 3. The molecule has 2 bridgehead atoms. The van der Waals surface area contributed by atoms with E-state index in [4.69, 9.17) is 16.3 Å². The van der Waals surface area contributed by atoms with Crippen LogP contribution in [0.3, 0.4) is 0 Å². The number of rotatable bonds is 12. The molecule has 0 radical (unpaired) electrons. The summed E-state index contributed by atoms with van der Waals surface area (Å²) < 4.78 is 6.63. The molecule has 3 aliphatic heterocycles. The zero-order valence-corrected chi connectivity index (χ0v) is 24.8. The second-order valence-electron chi connectivity index (χ2n) is 11.5. The molecule has 1 aromatic carbocycles. The lowest BCUT2D eigenvalue weighted by Gasteiger charge is -2.40. The average molecular weight is 572 g/mol. The lowest BCUT2D eigenvalue weighted by Crippen LogP contribution is -2.60. The fraction of sp³-hybridized carbons (Fsp3) is 0.581. The molecular weight excluding hydrogens is 530 g/mol. The number of ether oxygens (including phenoxy) is 1. The smallest absolute Gasteiger partial charge is 0.253 e. The minimum atomic E-state index is -1.18. The van der Waals surface area contributed by atoms with E-state index in [1.807, 2.05) is 39.8 Å². The monoisotopic (exact) mass is 571 g/mol. The van der Waals surface area contributed by atoms with Crippen LogP contribution < -0.4 is 4.90 Å². The third-order valence-corrected chi connectivity index (χ3v) is 9.07. The first-order valence-electron chi connectivity index (χ1n) is 14.3. The summed E-state index contributed by atoms with van der Waals surface area (Å²) in [6, 6.07) is 3.77. The van der Waals surface area contributed by atoms with Crippen molar-refractivity contribution in [1.82, 2.24) is 9.80 Å². The molecule has 9 heteroatoms. The van der Waals surface area contributed by atoms with Gasteiger partial charge >= 0.3 is 0 Å². The van der Waals surface area contributed by atoms with Crippen LogP contribution >= 0.6 is 11.6 Å². The molecule has 3 saturated heterocycles. The SMILES string of the molecule is C=CCN(CCC)C(=O)[C@@H]1[C@H]2C(=O)N([C@@H](CO)C(C)C)C(C(=O)N(CC=C)c3c(C)cccc3Cl)C23CC[C@H]1O3. The van der Waals surface area contributed by atoms with Crippen LogP contribution in [0.25, 0.3) is 0 Å². The van der Waals surface area contributed by atoms with E-state index in [9.17, 15) is 19.5 Å². The highest BCUT2D eigenvalue weighted by atomic mass is 35.5. The van der Waals surface area contributed by atoms with Crippen molar-refractivity contribution in [2.24, 2.45) is 17.8 Å². The summed E-state index contributed by atoms with van der Waals surface area (Å²) in [5, 5.41) is 10.9. The van der Waals surface area contributed by atoms with Crippen molar-refractivity contribution in [3.05, 3.63) is 54.1 Å². The van der Waals surface area contributed by atoms with E-state index >= 15 is 0 Å². The number of hydrogen-bond acceptors (Lipinski definition) is 5. The molecule has 3 fully saturated rings. The molecule has 218 valence electrons. The molecule has 1 N–H and O–H groups in total. The van der Waals surface area contributed by atoms with Crippen molar-refractivity contribution in [3.8, 4) is 0 Å². The van der Waals surface area contributed by atoms with Crippen LogP contribution in [0.4, 0.5) is 5.69 Å². The van der Waals surface area contributed by atoms with Gasteiger partial charge in [-0.05, 0) is 43.7 Å². The zero-order chi connectivity index (χ0) is 29.4. The number of halogens is 1. The van der Waals surface area contributed by atoms with Gasteiger partial charge in [-0.25, -0.2) is 0 Å². The largest absolute Gasteiger partial charge is 0.394 e. The van der Waals surface area contributed by atoms with Crippen LogP contribution in [-0.2, 0) is 19.1 Å². The van der Waals surface area contributed by atoms with Gasteiger partial charge in [-0.2, -0.15) is 0 Å². The first-order chi connectivity index (χ1) is 19.1. The number of para-hydroxylation sites is 1. The average Bonchev–Trinajstić information content (AvgIpc) is 3.55. The van der Waals surface area contributed by atoms with E-state index in [2.05, 4.69) is 13.2 Å². The van der Waals surface area contributed by atoms with Crippen molar-refractivity contribution in [2.75, 3.05) is 31.1 Å². The number of aryl methyl sites for hydroxylation is 1. The fourth-order valence-corrected chi connectivity index (χ4v) is 7.41. The Balaban J connectivity index is 1.85. The Hall–Kier alpha value is -2.68. The summed E-state index contributed by atoms with van der Waals surface area (Å²) in [7, 11) is 0. The van der Waals surface area contributed by atoms with Crippen LogP contribution in [0.5, 0.6) is 0 Å². The maximum atomic E-state index is 14.7. The Bertz CT molecular complexity index is 1150. The van der Waals surface area contributed by atoms with Crippen LogP contribution in [-0.4, -0.2) is 82.7 Å². The molecule has 3 amide bonds. The number of aliphatic hydroxyl groups excluding tert-OH is 1. The predicted octanol–water partition coefficient (Wildman–Crippen LogP) is 3.98. The zero-order valence-electron chi connectivity index (χ0n) is 24.0. The van der Waals surface area contributed by atoms with Gasteiger partial charge in [-0.1, -0.05) is 56.7 Å². The number of benzene rings is 1. The Morgan fingerprint density at radius 3 is 2.52 bits per heavy atom. The first kappa shape index (κ1) is 30.3. The topological polar surface area (TPSA) is 90.4 Å². The van der Waals surface area contributed by atoms with Crippen molar-refractivity contribution in [3.63, 3.8) is 0 Å². The van der Waals surface area contributed by atoms with Gasteiger partial charge in [0.15, 0.2) is 0 Å². The van der Waals surface area contributed by atoms with Gasteiger partial charge in [0.1, 0.15) is 11.6 Å². The summed E-state index contributed by atoms with van der Waals surface area (Å²) in [6.45, 7) is 16.1. The van der Waals surface area contributed by atoms with E-state index in [1.165, 1.54) is 4.90 Å². The number of nitrogens with zero attached hydrogens (tertiary/aromatic N) is 3. The Morgan fingerprint density at radius 1 is 1.25 bits per heavy atom. The van der Waals surface area contributed by atoms with Crippen LogP contribution in [0, 0.1) is 24.7 Å². The van der Waals surface area contributed by atoms with Crippen molar-refractivity contribution in [2.45, 2.75) is 70.7 Å². The van der Waals surface area contributed by atoms with Gasteiger partial charge in [0.05, 0.1) is 41.3 Å². The van der Waals surface area contributed by atoms with E-state index in [-0.39, 0.29) is 36.8 Å². The lowest BCUT2D eigenvalue weighted by molar-refractivity contribution is -0.148. The highest BCUT2D eigenvalue weighted by Gasteiger charge is 2.75. The molecule has 8 nitrogen and oxygen atoms in total. The standard InChI is InChI=1S/C31H42ClN3O5/c1-7-15-33(16-8-2)28(37)24-23-13-14-31(40-23)25(24)29(38)35(22(18-36)19(4)5)27(31)30(39)34(17-9-3)26-20(6)11-10-12-21(26)32/h7,9-12,19,22-25,27,36H,1,3,8,13-18H2,2,4-6H3/t22-,23+,24-,25-,27?,31?/m0/s1. The number of likely N-dealkylation sites (tertiary alicyclic amines) is 1. The molecular formula is C31H42ClN3O5. The number of carbonyl (C=O) groups is 3. The highest BCUT2D eigenvalue weighted by Crippen LogP contribution is 2.59.